The van der Waals surface area contributed by atoms with Crippen molar-refractivity contribution in [3.63, 3.8) is 0 Å². The monoisotopic (exact) mass is 450 g/mol. The minimum absolute atomic E-state index is 0.0647. The zero-order valence-electron chi connectivity index (χ0n) is 18.3. The lowest BCUT2D eigenvalue weighted by atomic mass is 10.0. The highest BCUT2D eigenvalue weighted by molar-refractivity contribution is 7.99. The molecule has 1 amide bonds. The minimum Gasteiger partial charge on any atom is -0.486 e. The molecule has 0 spiro atoms. The van der Waals surface area contributed by atoms with Crippen LogP contribution in [0.4, 0.5) is 0 Å². The fourth-order valence-corrected chi connectivity index (χ4v) is 5.29. The minimum atomic E-state index is 0.0647. The van der Waals surface area contributed by atoms with Crippen LogP contribution in [-0.4, -0.2) is 51.1 Å². The van der Waals surface area contributed by atoms with Gasteiger partial charge >= 0.3 is 0 Å². The third-order valence-electron chi connectivity index (χ3n) is 6.00. The van der Waals surface area contributed by atoms with Gasteiger partial charge in [-0.1, -0.05) is 36.0 Å². The second-order valence-electron chi connectivity index (χ2n) is 8.09. The number of hydrogen-bond acceptors (Lipinski definition) is 6. The normalized spacial score (nSPS) is 17.6. The predicted octanol–water partition coefficient (Wildman–Crippen LogP) is 4.11. The summed E-state index contributed by atoms with van der Waals surface area (Å²) in [7, 11) is 0. The van der Waals surface area contributed by atoms with Gasteiger partial charge in [0.2, 0.25) is 5.91 Å². The van der Waals surface area contributed by atoms with Gasteiger partial charge in [-0.05, 0) is 56.0 Å². The number of nitrogens with zero attached hydrogens (tertiary/aromatic N) is 4. The maximum atomic E-state index is 13.2. The van der Waals surface area contributed by atoms with E-state index in [4.69, 9.17) is 9.47 Å². The van der Waals surface area contributed by atoms with Gasteiger partial charge in [0.25, 0.3) is 0 Å². The Balaban J connectivity index is 1.31. The van der Waals surface area contributed by atoms with Crippen LogP contribution < -0.4 is 9.47 Å². The molecule has 2 aliphatic heterocycles. The zero-order chi connectivity index (χ0) is 22.1. The van der Waals surface area contributed by atoms with E-state index in [1.807, 2.05) is 40.7 Å². The molecular formula is C24H26N4O3S. The third-order valence-corrected chi connectivity index (χ3v) is 6.91. The number of para-hydroxylation sites is 1. The first kappa shape index (κ1) is 20.9. The van der Waals surface area contributed by atoms with Gasteiger partial charge in [-0.15, -0.1) is 10.2 Å². The number of fused-ring (bicyclic) bond motifs is 1. The molecule has 0 bridgehead atoms. The Morgan fingerprint density at radius 2 is 1.91 bits per heavy atom. The Morgan fingerprint density at radius 3 is 2.75 bits per heavy atom. The molecule has 0 N–H and O–H groups in total. The molecular weight excluding hydrogens is 424 g/mol. The molecule has 3 aromatic rings. The van der Waals surface area contributed by atoms with E-state index in [-0.39, 0.29) is 11.9 Å². The average molecular weight is 451 g/mol. The standard InChI is InChI=1S/C24H26N4O3S/c1-16-6-3-4-7-19(16)28-17(2)25-26-24(28)32-15-23(29)27-11-5-8-20(27)18-9-10-21-22(14-18)31-13-12-30-21/h3-4,6-7,9-10,14,20H,5,8,11-13,15H2,1-2H3/t20-/m0/s1. The van der Waals surface area contributed by atoms with Crippen LogP contribution in [0.5, 0.6) is 11.5 Å². The molecule has 166 valence electrons. The SMILES string of the molecule is Cc1ccccc1-n1c(C)nnc1SCC(=O)N1CCC[C@H]1c1ccc2c(c1)OCCO2. The van der Waals surface area contributed by atoms with Gasteiger partial charge in [-0.2, -0.15) is 0 Å². The van der Waals surface area contributed by atoms with E-state index >= 15 is 0 Å². The molecule has 0 unspecified atom stereocenters. The quantitative estimate of drug-likeness (QED) is 0.545. The fraction of sp³-hybridized carbons (Fsp3) is 0.375. The van der Waals surface area contributed by atoms with Crippen LogP contribution in [0.25, 0.3) is 5.69 Å². The number of carbonyl (C=O) groups excluding carboxylic acids is 1. The molecule has 1 saturated heterocycles. The number of carbonyl (C=O) groups is 1. The number of hydrogen-bond donors (Lipinski definition) is 0. The summed E-state index contributed by atoms with van der Waals surface area (Å²) < 4.78 is 13.4. The number of thioether (sulfide) groups is 1. The molecule has 0 radical (unpaired) electrons. The van der Waals surface area contributed by atoms with Crippen LogP contribution in [0, 0.1) is 13.8 Å². The van der Waals surface area contributed by atoms with Crippen LogP contribution in [0.2, 0.25) is 0 Å². The van der Waals surface area contributed by atoms with Crippen molar-refractivity contribution in [3.05, 3.63) is 59.4 Å². The maximum Gasteiger partial charge on any atom is 0.233 e. The van der Waals surface area contributed by atoms with Crippen LogP contribution in [0.15, 0.2) is 47.6 Å². The van der Waals surface area contributed by atoms with E-state index in [1.54, 1.807) is 0 Å². The van der Waals surface area contributed by atoms with Gasteiger partial charge in [0.05, 0.1) is 17.5 Å². The maximum absolute atomic E-state index is 13.2. The highest BCUT2D eigenvalue weighted by Gasteiger charge is 2.31. The van der Waals surface area contributed by atoms with Crippen molar-refractivity contribution in [2.24, 2.45) is 0 Å². The second kappa shape index (κ2) is 8.86. The largest absolute Gasteiger partial charge is 0.486 e. The van der Waals surface area contributed by atoms with Crippen molar-refractivity contribution >= 4 is 17.7 Å². The van der Waals surface area contributed by atoms with Crippen LogP contribution in [0.3, 0.4) is 0 Å². The number of aromatic nitrogens is 3. The number of aryl methyl sites for hydroxylation is 2. The molecule has 3 heterocycles. The van der Waals surface area contributed by atoms with Gasteiger partial charge in [0.15, 0.2) is 16.7 Å². The van der Waals surface area contributed by atoms with E-state index in [1.165, 1.54) is 11.8 Å². The molecule has 7 nitrogen and oxygen atoms in total. The van der Waals surface area contributed by atoms with Crippen molar-refractivity contribution < 1.29 is 14.3 Å². The summed E-state index contributed by atoms with van der Waals surface area (Å²) >= 11 is 1.44. The molecule has 1 atom stereocenters. The summed E-state index contributed by atoms with van der Waals surface area (Å²) in [5, 5.41) is 9.32. The summed E-state index contributed by atoms with van der Waals surface area (Å²) in [5.41, 5.74) is 3.28. The second-order valence-corrected chi connectivity index (χ2v) is 9.03. The van der Waals surface area contributed by atoms with Crippen molar-refractivity contribution in [1.82, 2.24) is 19.7 Å². The van der Waals surface area contributed by atoms with Crippen molar-refractivity contribution in [3.8, 4) is 17.2 Å². The Morgan fingerprint density at radius 1 is 1.09 bits per heavy atom. The van der Waals surface area contributed by atoms with Gasteiger partial charge in [-0.25, -0.2) is 0 Å². The molecule has 2 aromatic carbocycles. The Labute approximate surface area is 191 Å². The summed E-state index contributed by atoms with van der Waals surface area (Å²) in [5.74, 6) is 2.79. The topological polar surface area (TPSA) is 69.5 Å². The zero-order valence-corrected chi connectivity index (χ0v) is 19.1. The first-order valence-corrected chi connectivity index (χ1v) is 11.9. The summed E-state index contributed by atoms with van der Waals surface area (Å²) in [6.45, 7) is 5.90. The molecule has 1 aromatic heterocycles. The van der Waals surface area contributed by atoms with Gasteiger partial charge in [0, 0.05) is 6.54 Å². The van der Waals surface area contributed by atoms with Crippen molar-refractivity contribution in [2.45, 2.75) is 37.9 Å². The number of benzene rings is 2. The van der Waals surface area contributed by atoms with E-state index in [0.717, 1.165) is 58.7 Å². The first-order valence-electron chi connectivity index (χ1n) is 10.9. The first-order chi connectivity index (χ1) is 15.6. The number of amides is 1. The van der Waals surface area contributed by atoms with E-state index in [9.17, 15) is 4.79 Å². The number of ether oxygens (including phenoxy) is 2. The highest BCUT2D eigenvalue weighted by atomic mass is 32.2. The Hall–Kier alpha value is -3.00. The molecule has 32 heavy (non-hydrogen) atoms. The van der Waals surface area contributed by atoms with E-state index < -0.39 is 0 Å². The van der Waals surface area contributed by atoms with Gasteiger partial charge < -0.3 is 14.4 Å². The Kier molecular flexibility index (Phi) is 5.78. The van der Waals surface area contributed by atoms with Crippen molar-refractivity contribution in [1.29, 1.82) is 0 Å². The predicted molar refractivity (Wildman–Crippen MR) is 123 cm³/mol. The molecule has 0 aliphatic carbocycles. The van der Waals surface area contributed by atoms with Crippen LogP contribution >= 0.6 is 11.8 Å². The lowest BCUT2D eigenvalue weighted by Crippen LogP contribution is -2.32. The average Bonchev–Trinajstić information content (AvgIpc) is 3.45. The Bertz CT molecular complexity index is 1150. The van der Waals surface area contributed by atoms with Crippen LogP contribution in [0.1, 0.15) is 35.8 Å². The van der Waals surface area contributed by atoms with Crippen LogP contribution in [-0.2, 0) is 4.79 Å². The third kappa shape index (κ3) is 3.95. The molecule has 0 saturated carbocycles. The highest BCUT2D eigenvalue weighted by Crippen LogP contribution is 2.38. The molecule has 5 rings (SSSR count). The molecule has 8 heteroatoms. The van der Waals surface area contributed by atoms with E-state index in [0.29, 0.717) is 19.0 Å². The van der Waals surface area contributed by atoms with E-state index in [2.05, 4.69) is 35.3 Å². The molecule has 1 fully saturated rings. The summed E-state index contributed by atoms with van der Waals surface area (Å²) in [6.07, 6.45) is 1.95. The van der Waals surface area contributed by atoms with Crippen molar-refractivity contribution in [2.75, 3.05) is 25.5 Å². The summed E-state index contributed by atoms with van der Waals surface area (Å²) in [6, 6.07) is 14.2. The summed E-state index contributed by atoms with van der Waals surface area (Å²) in [4.78, 5) is 15.2. The molecule has 2 aliphatic rings. The lowest BCUT2D eigenvalue weighted by molar-refractivity contribution is -0.129. The smallest absolute Gasteiger partial charge is 0.233 e. The fourth-order valence-electron chi connectivity index (χ4n) is 4.42. The number of likely N-dealkylation sites (tertiary alicyclic amines) is 1. The van der Waals surface area contributed by atoms with Gasteiger partial charge in [0.1, 0.15) is 19.0 Å². The number of rotatable bonds is 5. The lowest BCUT2D eigenvalue weighted by Gasteiger charge is -2.26. The van der Waals surface area contributed by atoms with Gasteiger partial charge in [-0.3, -0.25) is 9.36 Å².